The summed E-state index contributed by atoms with van der Waals surface area (Å²) in [5.41, 5.74) is 0.652. The summed E-state index contributed by atoms with van der Waals surface area (Å²) < 4.78 is 9.53. The first-order chi connectivity index (χ1) is 17.7. The van der Waals surface area contributed by atoms with E-state index in [-0.39, 0.29) is 31.6 Å². The van der Waals surface area contributed by atoms with Crippen molar-refractivity contribution in [3.63, 3.8) is 0 Å². The number of nitrogens with zero attached hydrogens (tertiary/aromatic N) is 2. The third kappa shape index (κ3) is 4.36. The molecule has 4 rings (SSSR count). The molecule has 2 amide bonds. The number of carbonyl (C=O) groups excluding carboxylic acids is 3. The van der Waals surface area contributed by atoms with Gasteiger partial charge in [0.15, 0.2) is 0 Å². The quantitative estimate of drug-likeness (QED) is 0.268. The summed E-state index contributed by atoms with van der Waals surface area (Å²) in [4.78, 5) is 44.9. The number of fused-ring (bicyclic) bond motifs is 1. The Balaban J connectivity index is 1.77. The van der Waals surface area contributed by atoms with Crippen LogP contribution in [0.25, 0.3) is 0 Å². The Morgan fingerprint density at radius 2 is 1.97 bits per heavy atom. The maximum Gasteiger partial charge on any atom is 0.311 e. The minimum absolute atomic E-state index is 0.206. The largest absolute Gasteiger partial charge is 0.497 e. The second kappa shape index (κ2) is 10.5. The van der Waals surface area contributed by atoms with Gasteiger partial charge in [0.05, 0.1) is 42.9 Å². The van der Waals surface area contributed by atoms with E-state index < -0.39 is 39.4 Å². The number of aliphatic hydroxyl groups excluding tert-OH is 1. The molecule has 0 aromatic heterocycles. The summed E-state index contributed by atoms with van der Waals surface area (Å²) in [6, 6.07) is 5.72. The van der Waals surface area contributed by atoms with Gasteiger partial charge in [-0.25, -0.2) is 0 Å². The molecule has 3 heterocycles. The molecule has 3 aliphatic heterocycles. The number of methoxy groups -OCH3 is 1. The molecule has 1 aromatic carbocycles. The lowest BCUT2D eigenvalue weighted by Gasteiger charge is -2.38. The van der Waals surface area contributed by atoms with Crippen LogP contribution in [0.5, 0.6) is 5.75 Å². The van der Waals surface area contributed by atoms with E-state index in [0.29, 0.717) is 30.7 Å². The van der Waals surface area contributed by atoms with Crippen molar-refractivity contribution in [2.24, 2.45) is 11.8 Å². The van der Waals surface area contributed by atoms with Crippen LogP contribution in [-0.4, -0.2) is 76.2 Å². The summed E-state index contributed by atoms with van der Waals surface area (Å²) in [5.74, 6) is -1.62. The first-order valence-corrected chi connectivity index (χ1v) is 13.5. The summed E-state index contributed by atoms with van der Waals surface area (Å²) >= 11 is 1.58. The molecule has 3 aliphatic rings. The van der Waals surface area contributed by atoms with Crippen molar-refractivity contribution < 1.29 is 29.0 Å². The Morgan fingerprint density at radius 3 is 2.57 bits per heavy atom. The molecule has 1 aromatic rings. The van der Waals surface area contributed by atoms with Crippen LogP contribution >= 0.6 is 11.8 Å². The van der Waals surface area contributed by atoms with Gasteiger partial charge in [0.1, 0.15) is 11.8 Å². The SMILES string of the molecule is C=CCCOC(=O)[C@H]1[C@H]2C(=O)N([C@H](C)CO)C(C(=O)N(CC=C)c3ccc(OC)cc3)C23CC[C@]1(C)S3. The highest BCUT2D eigenvalue weighted by molar-refractivity contribution is 8.02. The van der Waals surface area contributed by atoms with Gasteiger partial charge in [-0.2, -0.15) is 0 Å². The van der Waals surface area contributed by atoms with Crippen molar-refractivity contribution in [2.75, 3.05) is 31.8 Å². The Kier molecular flexibility index (Phi) is 7.76. The molecular formula is C28H36N2O6S. The number of ether oxygens (including phenoxy) is 2. The zero-order valence-corrected chi connectivity index (χ0v) is 22.5. The second-order valence-corrected chi connectivity index (χ2v) is 12.1. The van der Waals surface area contributed by atoms with Crippen LogP contribution in [0, 0.1) is 11.8 Å². The van der Waals surface area contributed by atoms with E-state index in [2.05, 4.69) is 13.2 Å². The van der Waals surface area contributed by atoms with E-state index in [1.807, 2.05) is 6.92 Å². The molecule has 0 saturated carbocycles. The maximum atomic E-state index is 14.4. The summed E-state index contributed by atoms with van der Waals surface area (Å²) in [7, 11) is 1.58. The van der Waals surface area contributed by atoms with Crippen molar-refractivity contribution in [2.45, 2.75) is 54.7 Å². The Bertz CT molecular complexity index is 1080. The number of likely N-dealkylation sites (tertiary alicyclic amines) is 1. The Morgan fingerprint density at radius 1 is 1.27 bits per heavy atom. The number of hydrogen-bond donors (Lipinski definition) is 1. The first kappa shape index (κ1) is 27.3. The lowest BCUT2D eigenvalue weighted by molar-refractivity contribution is -0.155. The first-order valence-electron chi connectivity index (χ1n) is 12.7. The van der Waals surface area contributed by atoms with Gasteiger partial charge in [0.2, 0.25) is 5.91 Å². The average molecular weight is 529 g/mol. The number of thioether (sulfide) groups is 1. The van der Waals surface area contributed by atoms with Crippen LogP contribution in [0.1, 0.15) is 33.1 Å². The third-order valence-electron chi connectivity index (χ3n) is 7.97. The molecule has 200 valence electrons. The molecule has 1 N–H and O–H groups in total. The van der Waals surface area contributed by atoms with E-state index in [1.165, 1.54) is 4.90 Å². The van der Waals surface area contributed by atoms with Gasteiger partial charge >= 0.3 is 5.97 Å². The predicted molar refractivity (Wildman–Crippen MR) is 143 cm³/mol. The number of amides is 2. The van der Waals surface area contributed by atoms with Gasteiger partial charge in [0.25, 0.3) is 5.91 Å². The third-order valence-corrected chi connectivity index (χ3v) is 9.96. The summed E-state index contributed by atoms with van der Waals surface area (Å²) in [5, 5.41) is 10.1. The number of hydrogen-bond acceptors (Lipinski definition) is 7. The molecule has 2 bridgehead atoms. The van der Waals surface area contributed by atoms with Crippen LogP contribution < -0.4 is 9.64 Å². The summed E-state index contributed by atoms with van der Waals surface area (Å²) in [6.07, 6.45) is 5.17. The fourth-order valence-corrected chi connectivity index (χ4v) is 8.58. The van der Waals surface area contributed by atoms with Crippen LogP contribution in [-0.2, 0) is 19.1 Å². The minimum Gasteiger partial charge on any atom is -0.497 e. The minimum atomic E-state index is -0.841. The van der Waals surface area contributed by atoms with Gasteiger partial charge in [-0.3, -0.25) is 14.4 Å². The fourth-order valence-electron chi connectivity index (χ4n) is 6.26. The number of carbonyl (C=O) groups is 3. The zero-order chi connectivity index (χ0) is 27.0. The highest BCUT2D eigenvalue weighted by Crippen LogP contribution is 2.71. The molecule has 37 heavy (non-hydrogen) atoms. The van der Waals surface area contributed by atoms with Gasteiger partial charge in [-0.05, 0) is 57.4 Å². The molecule has 6 atom stereocenters. The lowest BCUT2D eigenvalue weighted by atomic mass is 9.66. The highest BCUT2D eigenvalue weighted by atomic mass is 32.2. The van der Waals surface area contributed by atoms with Crippen LogP contribution in [0.4, 0.5) is 5.69 Å². The second-order valence-electron chi connectivity index (χ2n) is 10.2. The van der Waals surface area contributed by atoms with Crippen molar-refractivity contribution in [3.8, 4) is 5.75 Å². The topological polar surface area (TPSA) is 96.4 Å². The molecule has 8 nitrogen and oxygen atoms in total. The number of rotatable bonds is 11. The average Bonchev–Trinajstić information content (AvgIpc) is 3.47. The monoisotopic (exact) mass is 528 g/mol. The zero-order valence-electron chi connectivity index (χ0n) is 21.7. The molecule has 9 heteroatoms. The lowest BCUT2D eigenvalue weighted by Crippen LogP contribution is -2.57. The molecule has 3 saturated heterocycles. The van der Waals surface area contributed by atoms with Crippen molar-refractivity contribution in [3.05, 3.63) is 49.6 Å². The number of esters is 1. The van der Waals surface area contributed by atoms with Gasteiger partial charge < -0.3 is 24.4 Å². The van der Waals surface area contributed by atoms with Gasteiger partial charge in [0, 0.05) is 17.0 Å². The smallest absolute Gasteiger partial charge is 0.311 e. The van der Waals surface area contributed by atoms with E-state index in [9.17, 15) is 19.5 Å². The van der Waals surface area contributed by atoms with Crippen molar-refractivity contribution in [1.29, 1.82) is 0 Å². The molecule has 0 radical (unpaired) electrons. The van der Waals surface area contributed by atoms with E-state index in [1.54, 1.807) is 67.1 Å². The van der Waals surface area contributed by atoms with Crippen molar-refractivity contribution >= 4 is 35.2 Å². The van der Waals surface area contributed by atoms with Gasteiger partial charge in [-0.15, -0.1) is 24.9 Å². The highest BCUT2D eigenvalue weighted by Gasteiger charge is 2.78. The van der Waals surface area contributed by atoms with E-state index >= 15 is 0 Å². The van der Waals surface area contributed by atoms with E-state index in [4.69, 9.17) is 9.47 Å². The normalized spacial score (nSPS) is 30.5. The summed E-state index contributed by atoms with van der Waals surface area (Å²) in [6.45, 7) is 11.4. The Labute approximate surface area is 222 Å². The van der Waals surface area contributed by atoms with Crippen LogP contribution in [0.3, 0.4) is 0 Å². The molecule has 2 unspecified atom stereocenters. The number of anilines is 1. The molecule has 1 spiro atoms. The van der Waals surface area contributed by atoms with Crippen LogP contribution in [0.15, 0.2) is 49.6 Å². The van der Waals surface area contributed by atoms with Gasteiger partial charge in [-0.1, -0.05) is 12.2 Å². The number of aliphatic hydroxyl groups is 1. The molecular weight excluding hydrogens is 492 g/mol. The Hall–Kier alpha value is -2.78. The van der Waals surface area contributed by atoms with E-state index in [0.717, 1.165) is 0 Å². The van der Waals surface area contributed by atoms with Crippen LogP contribution in [0.2, 0.25) is 0 Å². The fraction of sp³-hybridized carbons (Fsp3) is 0.536. The predicted octanol–water partition coefficient (Wildman–Crippen LogP) is 3.20. The van der Waals surface area contributed by atoms with Crippen molar-refractivity contribution in [1.82, 2.24) is 4.90 Å². The molecule has 3 fully saturated rings. The standard InChI is InChI=1S/C28H36N2O6S/c1-6-8-16-36-26(34)22-21-24(32)30(18(3)17-31)23(28(21)14-13-27(22,4)37-28)25(33)29(15-7-2)19-9-11-20(35-5)12-10-19/h6-7,9-12,18,21-23,31H,1-2,8,13-17H2,3-5H3/t18-,21+,22-,23?,27+,28?/m1/s1. The number of benzene rings is 1. The maximum absolute atomic E-state index is 14.4. The molecule has 0 aliphatic carbocycles.